The number of hydrogen-bond acceptors (Lipinski definition) is 2. The van der Waals surface area contributed by atoms with Crippen molar-refractivity contribution in [2.45, 2.75) is 31.4 Å². The van der Waals surface area contributed by atoms with E-state index in [4.69, 9.17) is 10.5 Å². The van der Waals surface area contributed by atoms with Crippen LogP contribution in [0.25, 0.3) is 10.8 Å². The first-order chi connectivity index (χ1) is 8.69. The summed E-state index contributed by atoms with van der Waals surface area (Å²) in [5, 5.41) is 2.54. The maximum Gasteiger partial charge on any atom is 0.0924 e. The Labute approximate surface area is 108 Å². The van der Waals surface area contributed by atoms with Crippen LogP contribution in [0.5, 0.6) is 0 Å². The fraction of sp³-hybridized carbons (Fsp3) is 0.375. The average molecular weight is 241 g/mol. The van der Waals surface area contributed by atoms with Crippen LogP contribution < -0.4 is 5.73 Å². The van der Waals surface area contributed by atoms with Crippen molar-refractivity contribution in [1.82, 2.24) is 0 Å². The molecule has 0 aliphatic carbocycles. The zero-order chi connectivity index (χ0) is 12.6. The maximum atomic E-state index is 6.11. The van der Waals surface area contributed by atoms with Crippen LogP contribution in [-0.4, -0.2) is 12.6 Å². The Morgan fingerprint density at radius 3 is 2.78 bits per heavy atom. The van der Waals surface area contributed by atoms with Gasteiger partial charge in [-0.15, -0.1) is 0 Å². The standard InChI is InChI=1S/C16H19NO/c1-16(11-13(17)9-10-18-16)15-8-4-6-12-5-2-3-7-14(12)15/h2-8,13H,9-11,17H2,1H3. The third-order valence-electron chi connectivity index (χ3n) is 3.92. The largest absolute Gasteiger partial charge is 0.370 e. The second-order valence-corrected chi connectivity index (χ2v) is 5.36. The first kappa shape index (κ1) is 11.7. The molecule has 1 fully saturated rings. The summed E-state index contributed by atoms with van der Waals surface area (Å²) < 4.78 is 6.05. The molecule has 1 heterocycles. The molecule has 2 N–H and O–H groups in total. The van der Waals surface area contributed by atoms with Gasteiger partial charge in [-0.25, -0.2) is 0 Å². The summed E-state index contributed by atoms with van der Waals surface area (Å²) >= 11 is 0. The van der Waals surface area contributed by atoms with E-state index < -0.39 is 0 Å². The third kappa shape index (κ3) is 1.92. The van der Waals surface area contributed by atoms with Gasteiger partial charge in [0.25, 0.3) is 0 Å². The lowest BCUT2D eigenvalue weighted by Gasteiger charge is -2.38. The molecule has 0 spiro atoms. The number of rotatable bonds is 1. The Kier molecular flexibility index (Phi) is 2.84. The molecular weight excluding hydrogens is 222 g/mol. The molecule has 0 radical (unpaired) electrons. The van der Waals surface area contributed by atoms with Crippen molar-refractivity contribution in [2.75, 3.05) is 6.61 Å². The van der Waals surface area contributed by atoms with Gasteiger partial charge < -0.3 is 10.5 Å². The van der Waals surface area contributed by atoms with E-state index in [1.54, 1.807) is 0 Å². The SMILES string of the molecule is CC1(c2cccc3ccccc23)CC(N)CCO1. The molecule has 2 aromatic carbocycles. The molecule has 2 atom stereocenters. The molecule has 2 unspecified atom stereocenters. The van der Waals surface area contributed by atoms with Crippen LogP contribution in [-0.2, 0) is 10.3 Å². The molecule has 1 aliphatic rings. The summed E-state index contributed by atoms with van der Waals surface area (Å²) in [6, 6.07) is 15.1. The lowest BCUT2D eigenvalue weighted by atomic mass is 9.83. The summed E-state index contributed by atoms with van der Waals surface area (Å²) in [4.78, 5) is 0. The average Bonchev–Trinajstić information content (AvgIpc) is 2.38. The van der Waals surface area contributed by atoms with E-state index in [-0.39, 0.29) is 11.6 Å². The Bertz CT molecular complexity index is 561. The number of ether oxygens (including phenoxy) is 1. The van der Waals surface area contributed by atoms with E-state index in [0.717, 1.165) is 19.4 Å². The molecule has 1 aliphatic heterocycles. The number of benzene rings is 2. The van der Waals surface area contributed by atoms with Gasteiger partial charge in [0.05, 0.1) is 5.60 Å². The van der Waals surface area contributed by atoms with Gasteiger partial charge in [-0.1, -0.05) is 42.5 Å². The Morgan fingerprint density at radius 2 is 1.94 bits per heavy atom. The molecule has 94 valence electrons. The van der Waals surface area contributed by atoms with E-state index in [9.17, 15) is 0 Å². The van der Waals surface area contributed by atoms with Gasteiger partial charge in [-0.3, -0.25) is 0 Å². The maximum absolute atomic E-state index is 6.11. The monoisotopic (exact) mass is 241 g/mol. The Hall–Kier alpha value is -1.38. The van der Waals surface area contributed by atoms with Gasteiger partial charge in [0.1, 0.15) is 0 Å². The van der Waals surface area contributed by atoms with Crippen LogP contribution in [0.4, 0.5) is 0 Å². The number of nitrogens with two attached hydrogens (primary N) is 1. The van der Waals surface area contributed by atoms with E-state index in [1.807, 2.05) is 0 Å². The quantitative estimate of drug-likeness (QED) is 0.832. The molecule has 0 aromatic heterocycles. The van der Waals surface area contributed by atoms with Crippen molar-refractivity contribution >= 4 is 10.8 Å². The predicted octanol–water partition coefficient (Wildman–Crippen LogP) is 3.19. The molecule has 2 aromatic rings. The van der Waals surface area contributed by atoms with Crippen molar-refractivity contribution in [3.63, 3.8) is 0 Å². The van der Waals surface area contributed by atoms with Crippen LogP contribution in [0.2, 0.25) is 0 Å². The highest BCUT2D eigenvalue weighted by Gasteiger charge is 2.34. The minimum atomic E-state index is -0.251. The lowest BCUT2D eigenvalue weighted by Crippen LogP contribution is -2.41. The highest BCUT2D eigenvalue weighted by atomic mass is 16.5. The number of hydrogen-bond donors (Lipinski definition) is 1. The summed E-state index contributed by atoms with van der Waals surface area (Å²) in [5.74, 6) is 0. The zero-order valence-corrected chi connectivity index (χ0v) is 10.7. The van der Waals surface area contributed by atoms with Crippen LogP contribution >= 0.6 is 0 Å². The van der Waals surface area contributed by atoms with E-state index in [0.29, 0.717) is 0 Å². The summed E-state index contributed by atoms with van der Waals surface area (Å²) in [7, 11) is 0. The molecule has 3 rings (SSSR count). The van der Waals surface area contributed by atoms with Gasteiger partial charge in [0, 0.05) is 12.6 Å². The fourth-order valence-electron chi connectivity index (χ4n) is 2.97. The molecule has 1 saturated heterocycles. The first-order valence-electron chi connectivity index (χ1n) is 6.57. The molecule has 2 heteroatoms. The number of fused-ring (bicyclic) bond motifs is 1. The van der Waals surface area contributed by atoms with E-state index >= 15 is 0 Å². The van der Waals surface area contributed by atoms with Crippen LogP contribution in [0.15, 0.2) is 42.5 Å². The Balaban J connectivity index is 2.13. The summed E-state index contributed by atoms with van der Waals surface area (Å²) in [6.07, 6.45) is 1.85. The smallest absolute Gasteiger partial charge is 0.0924 e. The third-order valence-corrected chi connectivity index (χ3v) is 3.92. The van der Waals surface area contributed by atoms with Crippen LogP contribution in [0.1, 0.15) is 25.3 Å². The molecule has 0 amide bonds. The normalized spacial score (nSPS) is 28.4. The van der Waals surface area contributed by atoms with Crippen molar-refractivity contribution in [1.29, 1.82) is 0 Å². The minimum Gasteiger partial charge on any atom is -0.370 e. The van der Waals surface area contributed by atoms with Gasteiger partial charge in [0.2, 0.25) is 0 Å². The molecule has 18 heavy (non-hydrogen) atoms. The zero-order valence-electron chi connectivity index (χ0n) is 10.7. The Morgan fingerprint density at radius 1 is 1.17 bits per heavy atom. The summed E-state index contributed by atoms with van der Waals surface area (Å²) in [6.45, 7) is 2.91. The van der Waals surface area contributed by atoms with Crippen molar-refractivity contribution in [2.24, 2.45) is 5.73 Å². The molecule has 2 nitrogen and oxygen atoms in total. The van der Waals surface area contributed by atoms with Gasteiger partial charge in [-0.05, 0) is 36.1 Å². The van der Waals surface area contributed by atoms with Crippen molar-refractivity contribution in [3.05, 3.63) is 48.0 Å². The fourth-order valence-corrected chi connectivity index (χ4v) is 2.97. The van der Waals surface area contributed by atoms with Gasteiger partial charge in [-0.2, -0.15) is 0 Å². The highest BCUT2D eigenvalue weighted by molar-refractivity contribution is 5.86. The van der Waals surface area contributed by atoms with Gasteiger partial charge >= 0.3 is 0 Å². The molecule has 0 saturated carbocycles. The highest BCUT2D eigenvalue weighted by Crippen LogP contribution is 2.37. The van der Waals surface area contributed by atoms with Crippen molar-refractivity contribution < 1.29 is 4.74 Å². The second kappa shape index (κ2) is 4.38. The second-order valence-electron chi connectivity index (χ2n) is 5.36. The molecule has 0 bridgehead atoms. The predicted molar refractivity (Wildman–Crippen MR) is 74.5 cm³/mol. The topological polar surface area (TPSA) is 35.2 Å². The van der Waals surface area contributed by atoms with Crippen LogP contribution in [0, 0.1) is 0 Å². The summed E-state index contributed by atoms with van der Waals surface area (Å²) in [5.41, 5.74) is 7.12. The van der Waals surface area contributed by atoms with Gasteiger partial charge in [0.15, 0.2) is 0 Å². The van der Waals surface area contributed by atoms with E-state index in [2.05, 4.69) is 49.4 Å². The minimum absolute atomic E-state index is 0.239. The molecular formula is C16H19NO. The first-order valence-corrected chi connectivity index (χ1v) is 6.57. The van der Waals surface area contributed by atoms with Crippen molar-refractivity contribution in [3.8, 4) is 0 Å². The van der Waals surface area contributed by atoms with E-state index in [1.165, 1.54) is 16.3 Å². The lowest BCUT2D eigenvalue weighted by molar-refractivity contribution is -0.0756. The van der Waals surface area contributed by atoms with Crippen LogP contribution in [0.3, 0.4) is 0 Å².